The van der Waals surface area contributed by atoms with Crippen molar-refractivity contribution in [2.45, 2.75) is 32.7 Å². The van der Waals surface area contributed by atoms with Gasteiger partial charge in [0.25, 0.3) is 0 Å². The van der Waals surface area contributed by atoms with Gasteiger partial charge in [-0.1, -0.05) is 19.1 Å². The third-order valence-electron chi connectivity index (χ3n) is 2.69. The second-order valence-electron chi connectivity index (χ2n) is 4.18. The van der Waals surface area contributed by atoms with Gasteiger partial charge in [0.2, 0.25) is 0 Å². The lowest BCUT2D eigenvalue weighted by atomic mass is 10.1. The molecule has 0 fully saturated rings. The number of benzene rings is 1. The quantitative estimate of drug-likeness (QED) is 0.753. The lowest BCUT2D eigenvalue weighted by Crippen LogP contribution is -2.25. The minimum Gasteiger partial charge on any atom is -0.491 e. The van der Waals surface area contributed by atoms with Gasteiger partial charge in [0.1, 0.15) is 19.0 Å². The van der Waals surface area contributed by atoms with E-state index in [4.69, 9.17) is 4.74 Å². The number of halogens is 1. The molecule has 0 radical (unpaired) electrons. The second kappa shape index (κ2) is 8.07. The van der Waals surface area contributed by atoms with E-state index >= 15 is 0 Å². The van der Waals surface area contributed by atoms with Crippen molar-refractivity contribution in [1.82, 2.24) is 5.32 Å². The molecule has 1 atom stereocenters. The first kappa shape index (κ1) is 14.0. The fourth-order valence-electron chi connectivity index (χ4n) is 1.74. The van der Waals surface area contributed by atoms with E-state index in [0.29, 0.717) is 6.04 Å². The van der Waals surface area contributed by atoms with Crippen molar-refractivity contribution in [3.8, 4) is 5.75 Å². The molecule has 2 nitrogen and oxygen atoms in total. The third-order valence-corrected chi connectivity index (χ3v) is 2.69. The number of hydrogen-bond acceptors (Lipinski definition) is 2. The van der Waals surface area contributed by atoms with Crippen LogP contribution in [0, 0.1) is 0 Å². The van der Waals surface area contributed by atoms with Crippen LogP contribution >= 0.6 is 0 Å². The molecule has 0 saturated heterocycles. The Bertz CT molecular complexity index is 300. The van der Waals surface area contributed by atoms with Gasteiger partial charge in [0, 0.05) is 6.04 Å². The monoisotopic (exact) mass is 239 g/mol. The first-order chi connectivity index (χ1) is 8.26. The van der Waals surface area contributed by atoms with Crippen molar-refractivity contribution in [3.63, 3.8) is 0 Å². The molecule has 0 spiro atoms. The number of nitrogens with one attached hydrogen (secondary N) is 1. The maximum atomic E-state index is 11.9. The molecule has 17 heavy (non-hydrogen) atoms. The van der Waals surface area contributed by atoms with Crippen LogP contribution in [0.25, 0.3) is 0 Å². The minimum atomic E-state index is -0.443. The van der Waals surface area contributed by atoms with E-state index in [9.17, 15) is 4.39 Å². The first-order valence-corrected chi connectivity index (χ1v) is 6.27. The van der Waals surface area contributed by atoms with Crippen LogP contribution in [0.4, 0.5) is 4.39 Å². The molecule has 0 aliphatic rings. The normalized spacial score (nSPS) is 12.4. The molecule has 0 bridgehead atoms. The van der Waals surface area contributed by atoms with Gasteiger partial charge in [-0.15, -0.1) is 0 Å². The average molecular weight is 239 g/mol. The minimum absolute atomic E-state index is 0.136. The Hall–Kier alpha value is -1.09. The molecule has 0 aliphatic heterocycles. The Morgan fingerprint density at radius 1 is 1.29 bits per heavy atom. The van der Waals surface area contributed by atoms with E-state index in [0.717, 1.165) is 25.1 Å². The predicted octanol–water partition coefficient (Wildman–Crippen LogP) is 2.97. The molecule has 0 amide bonds. The molecule has 1 unspecified atom stereocenters. The largest absolute Gasteiger partial charge is 0.491 e. The summed E-state index contributed by atoms with van der Waals surface area (Å²) in [6, 6.07) is 8.45. The van der Waals surface area contributed by atoms with Gasteiger partial charge in [0.15, 0.2) is 0 Å². The molecule has 1 rings (SSSR count). The number of ether oxygens (including phenoxy) is 1. The molecular weight excluding hydrogens is 217 g/mol. The van der Waals surface area contributed by atoms with Crippen molar-refractivity contribution in [2.24, 2.45) is 0 Å². The van der Waals surface area contributed by atoms with E-state index in [1.807, 2.05) is 24.3 Å². The Balaban J connectivity index is 2.34. The Labute approximate surface area is 103 Å². The summed E-state index contributed by atoms with van der Waals surface area (Å²) in [5.74, 6) is 0.742. The standard InChI is InChI=1S/C14H22FNO/c1-3-16-12(2)4-5-13-6-8-14(9-7-13)17-11-10-15/h6-9,12,16H,3-5,10-11H2,1-2H3. The van der Waals surface area contributed by atoms with Gasteiger partial charge in [-0.05, 0) is 44.0 Å². The summed E-state index contributed by atoms with van der Waals surface area (Å²) in [5, 5.41) is 3.39. The summed E-state index contributed by atoms with van der Waals surface area (Å²) >= 11 is 0. The molecule has 96 valence electrons. The average Bonchev–Trinajstić information content (AvgIpc) is 2.35. The van der Waals surface area contributed by atoms with Crippen molar-refractivity contribution >= 4 is 0 Å². The first-order valence-electron chi connectivity index (χ1n) is 6.27. The molecule has 1 aromatic carbocycles. The second-order valence-corrected chi connectivity index (χ2v) is 4.18. The zero-order chi connectivity index (χ0) is 12.5. The third kappa shape index (κ3) is 5.68. The maximum Gasteiger partial charge on any atom is 0.123 e. The van der Waals surface area contributed by atoms with Crippen LogP contribution in [0.3, 0.4) is 0 Å². The molecule has 1 N–H and O–H groups in total. The molecule has 3 heteroatoms. The molecule has 0 heterocycles. The zero-order valence-corrected chi connectivity index (χ0v) is 10.7. The lowest BCUT2D eigenvalue weighted by molar-refractivity contribution is 0.273. The SMILES string of the molecule is CCNC(C)CCc1ccc(OCCF)cc1. The summed E-state index contributed by atoms with van der Waals surface area (Å²) in [6.07, 6.45) is 2.18. The van der Waals surface area contributed by atoms with E-state index < -0.39 is 6.67 Å². The van der Waals surface area contributed by atoms with E-state index in [1.165, 1.54) is 5.56 Å². The summed E-state index contributed by atoms with van der Waals surface area (Å²) in [6.45, 7) is 5.02. The fourth-order valence-corrected chi connectivity index (χ4v) is 1.74. The number of rotatable bonds is 8. The number of alkyl halides is 1. The van der Waals surface area contributed by atoms with Crippen LogP contribution < -0.4 is 10.1 Å². The van der Waals surface area contributed by atoms with E-state index in [1.54, 1.807) is 0 Å². The topological polar surface area (TPSA) is 21.3 Å². The van der Waals surface area contributed by atoms with Crippen LogP contribution in [-0.4, -0.2) is 25.9 Å². The summed E-state index contributed by atoms with van der Waals surface area (Å²) < 4.78 is 17.1. The van der Waals surface area contributed by atoms with Gasteiger partial charge in [0.05, 0.1) is 0 Å². The molecule has 0 saturated carbocycles. The van der Waals surface area contributed by atoms with E-state index in [-0.39, 0.29) is 6.61 Å². The van der Waals surface area contributed by atoms with Crippen molar-refractivity contribution < 1.29 is 9.13 Å². The van der Waals surface area contributed by atoms with Gasteiger partial charge < -0.3 is 10.1 Å². The maximum absolute atomic E-state index is 11.9. The van der Waals surface area contributed by atoms with Gasteiger partial charge in [-0.3, -0.25) is 0 Å². The Morgan fingerprint density at radius 2 is 2.00 bits per heavy atom. The summed E-state index contributed by atoms with van der Waals surface area (Å²) in [7, 11) is 0. The molecule has 0 aliphatic carbocycles. The smallest absolute Gasteiger partial charge is 0.123 e. The van der Waals surface area contributed by atoms with Gasteiger partial charge in [-0.25, -0.2) is 4.39 Å². The van der Waals surface area contributed by atoms with Crippen molar-refractivity contribution in [3.05, 3.63) is 29.8 Å². The highest BCUT2D eigenvalue weighted by Gasteiger charge is 2.01. The Kier molecular flexibility index (Phi) is 6.63. The van der Waals surface area contributed by atoms with Gasteiger partial charge >= 0.3 is 0 Å². The van der Waals surface area contributed by atoms with Crippen molar-refractivity contribution in [2.75, 3.05) is 19.8 Å². The molecular formula is C14H22FNO. The highest BCUT2D eigenvalue weighted by atomic mass is 19.1. The van der Waals surface area contributed by atoms with Crippen LogP contribution in [0.5, 0.6) is 5.75 Å². The number of hydrogen-bond donors (Lipinski definition) is 1. The summed E-state index contributed by atoms with van der Waals surface area (Å²) in [5.41, 5.74) is 1.29. The Morgan fingerprint density at radius 3 is 2.59 bits per heavy atom. The van der Waals surface area contributed by atoms with Crippen LogP contribution in [0.2, 0.25) is 0 Å². The van der Waals surface area contributed by atoms with Crippen LogP contribution in [0.15, 0.2) is 24.3 Å². The van der Waals surface area contributed by atoms with Crippen molar-refractivity contribution in [1.29, 1.82) is 0 Å². The van der Waals surface area contributed by atoms with E-state index in [2.05, 4.69) is 19.2 Å². The summed E-state index contributed by atoms with van der Waals surface area (Å²) in [4.78, 5) is 0. The number of aryl methyl sites for hydroxylation is 1. The lowest BCUT2D eigenvalue weighted by Gasteiger charge is -2.12. The zero-order valence-electron chi connectivity index (χ0n) is 10.7. The van der Waals surface area contributed by atoms with Crippen LogP contribution in [-0.2, 0) is 6.42 Å². The van der Waals surface area contributed by atoms with Gasteiger partial charge in [-0.2, -0.15) is 0 Å². The predicted molar refractivity (Wildman–Crippen MR) is 69.4 cm³/mol. The molecule has 0 aromatic heterocycles. The fraction of sp³-hybridized carbons (Fsp3) is 0.571. The highest BCUT2D eigenvalue weighted by molar-refractivity contribution is 5.27. The molecule has 1 aromatic rings. The highest BCUT2D eigenvalue weighted by Crippen LogP contribution is 2.13. The van der Waals surface area contributed by atoms with Crippen LogP contribution in [0.1, 0.15) is 25.8 Å².